The van der Waals surface area contributed by atoms with Crippen molar-refractivity contribution < 1.29 is 9.53 Å². The van der Waals surface area contributed by atoms with E-state index in [4.69, 9.17) is 15.8 Å². The van der Waals surface area contributed by atoms with E-state index in [1.54, 1.807) is 12.1 Å². The van der Waals surface area contributed by atoms with Gasteiger partial charge in [-0.15, -0.1) is 0 Å². The number of aryl methyl sites for hydroxylation is 1. The maximum atomic E-state index is 11.7. The van der Waals surface area contributed by atoms with E-state index >= 15 is 0 Å². The highest BCUT2D eigenvalue weighted by atomic mass is 16.5. The summed E-state index contributed by atoms with van der Waals surface area (Å²) in [7, 11) is 0. The molecule has 0 aliphatic heterocycles. The van der Waals surface area contributed by atoms with Crippen molar-refractivity contribution in [3.05, 3.63) is 56.3 Å². The predicted molar refractivity (Wildman–Crippen MR) is 73.0 cm³/mol. The van der Waals surface area contributed by atoms with Crippen LogP contribution in [0.4, 0.5) is 0 Å². The molecule has 0 radical (unpaired) electrons. The molecule has 20 heavy (non-hydrogen) atoms. The van der Waals surface area contributed by atoms with E-state index in [9.17, 15) is 4.79 Å². The third kappa shape index (κ3) is 5.30. The molecule has 104 valence electrons. The molecular formula is C12H14N6O2. The molecule has 0 bridgehead atoms. The fourth-order valence-electron chi connectivity index (χ4n) is 1.45. The first-order chi connectivity index (χ1) is 9.67. The van der Waals surface area contributed by atoms with Crippen molar-refractivity contribution in [3.8, 4) is 0 Å². The Labute approximate surface area is 115 Å². The first-order valence-corrected chi connectivity index (χ1v) is 5.96. The van der Waals surface area contributed by atoms with Gasteiger partial charge < -0.3 is 4.74 Å². The van der Waals surface area contributed by atoms with Crippen LogP contribution in [0.25, 0.3) is 20.9 Å². The van der Waals surface area contributed by atoms with Gasteiger partial charge >= 0.3 is 5.97 Å². The molecule has 8 nitrogen and oxygen atoms in total. The molecule has 0 N–H and O–H groups in total. The number of hydrogen-bond donors (Lipinski definition) is 0. The number of carbonyl (C=O) groups is 1. The zero-order valence-corrected chi connectivity index (χ0v) is 11.0. The molecule has 0 saturated heterocycles. The van der Waals surface area contributed by atoms with Crippen LogP contribution in [0.2, 0.25) is 0 Å². The van der Waals surface area contributed by atoms with Gasteiger partial charge in [-0.05, 0) is 36.5 Å². The Hall–Kier alpha value is -2.69. The van der Waals surface area contributed by atoms with E-state index in [0.29, 0.717) is 12.0 Å². The summed E-state index contributed by atoms with van der Waals surface area (Å²) >= 11 is 0. The lowest BCUT2D eigenvalue weighted by Gasteiger charge is -2.08. The molecule has 0 amide bonds. The molecule has 0 heterocycles. The lowest BCUT2D eigenvalue weighted by Crippen LogP contribution is -2.14. The van der Waals surface area contributed by atoms with Crippen LogP contribution in [0.15, 0.2) is 34.5 Å². The first-order valence-electron chi connectivity index (χ1n) is 5.96. The topological polar surface area (TPSA) is 124 Å². The summed E-state index contributed by atoms with van der Waals surface area (Å²) in [6.07, 6.45) is 0.306. The van der Waals surface area contributed by atoms with Gasteiger partial charge in [0.1, 0.15) is 0 Å². The number of hydrogen-bond acceptors (Lipinski definition) is 4. The zero-order chi connectivity index (χ0) is 14.8. The third-order valence-corrected chi connectivity index (χ3v) is 2.54. The minimum absolute atomic E-state index is 0.0443. The summed E-state index contributed by atoms with van der Waals surface area (Å²) in [5.41, 5.74) is 18.1. The second-order valence-electron chi connectivity index (χ2n) is 4.06. The van der Waals surface area contributed by atoms with Crippen molar-refractivity contribution in [2.45, 2.75) is 19.4 Å². The van der Waals surface area contributed by atoms with Gasteiger partial charge in [0.2, 0.25) is 0 Å². The van der Waals surface area contributed by atoms with E-state index in [0.717, 1.165) is 5.56 Å². The molecule has 0 aromatic heterocycles. The van der Waals surface area contributed by atoms with Crippen LogP contribution in [0.3, 0.4) is 0 Å². The molecule has 0 aliphatic carbocycles. The number of esters is 1. The number of azide groups is 2. The minimum Gasteiger partial charge on any atom is -0.462 e. The lowest BCUT2D eigenvalue weighted by molar-refractivity contribution is 0.0494. The monoisotopic (exact) mass is 274 g/mol. The van der Waals surface area contributed by atoms with Gasteiger partial charge in [-0.3, -0.25) is 0 Å². The minimum atomic E-state index is -0.512. The summed E-state index contributed by atoms with van der Waals surface area (Å²) < 4.78 is 5.07. The Morgan fingerprint density at radius 1 is 1.30 bits per heavy atom. The number of nitrogens with zero attached hydrogens (tertiary/aromatic N) is 6. The van der Waals surface area contributed by atoms with Gasteiger partial charge in [0.05, 0.1) is 12.2 Å². The summed E-state index contributed by atoms with van der Waals surface area (Å²) in [5.74, 6) is -0.437. The number of carbonyl (C=O) groups excluding carboxylic acids is 1. The highest BCUT2D eigenvalue weighted by Crippen LogP contribution is 2.06. The van der Waals surface area contributed by atoms with Crippen molar-refractivity contribution >= 4 is 5.97 Å². The molecule has 1 unspecified atom stereocenters. The molecule has 0 aliphatic rings. The average Bonchev–Trinajstić information content (AvgIpc) is 2.45. The van der Waals surface area contributed by atoms with E-state index in [-0.39, 0.29) is 13.2 Å². The largest absolute Gasteiger partial charge is 0.462 e. The Balaban J connectivity index is 2.45. The molecule has 0 saturated carbocycles. The third-order valence-electron chi connectivity index (χ3n) is 2.54. The van der Waals surface area contributed by atoms with Gasteiger partial charge in [0.25, 0.3) is 0 Å². The maximum Gasteiger partial charge on any atom is 0.338 e. The Morgan fingerprint density at radius 2 is 2.00 bits per heavy atom. The number of rotatable bonds is 7. The van der Waals surface area contributed by atoms with Crippen molar-refractivity contribution in [1.29, 1.82) is 0 Å². The van der Waals surface area contributed by atoms with E-state index < -0.39 is 12.0 Å². The molecule has 1 aromatic carbocycles. The second kappa shape index (κ2) is 8.42. The SMILES string of the molecule is Cc1ccc(C(=O)OCCC(CN=[N+]=[N-])N=[N+]=[N-])cc1. The Bertz CT molecular complexity index is 544. The van der Waals surface area contributed by atoms with Crippen molar-refractivity contribution in [1.82, 2.24) is 0 Å². The zero-order valence-electron chi connectivity index (χ0n) is 11.0. The molecule has 0 spiro atoms. The maximum absolute atomic E-state index is 11.7. The van der Waals surface area contributed by atoms with Crippen molar-refractivity contribution in [2.24, 2.45) is 10.2 Å². The van der Waals surface area contributed by atoms with Crippen LogP contribution in [-0.2, 0) is 4.74 Å². The highest BCUT2D eigenvalue weighted by Gasteiger charge is 2.09. The summed E-state index contributed by atoms with van der Waals surface area (Å²) in [6.45, 7) is 2.06. The number of benzene rings is 1. The van der Waals surface area contributed by atoms with Gasteiger partial charge in [-0.25, -0.2) is 4.79 Å². The van der Waals surface area contributed by atoms with Crippen LogP contribution < -0.4 is 0 Å². The Morgan fingerprint density at radius 3 is 2.60 bits per heavy atom. The smallest absolute Gasteiger partial charge is 0.338 e. The summed E-state index contributed by atoms with van der Waals surface area (Å²) in [6, 6.07) is 6.49. The van der Waals surface area contributed by atoms with Gasteiger partial charge in [0.15, 0.2) is 0 Å². The molecule has 1 rings (SSSR count). The van der Waals surface area contributed by atoms with Crippen molar-refractivity contribution in [3.63, 3.8) is 0 Å². The normalized spacial score (nSPS) is 10.8. The molecule has 0 fully saturated rings. The van der Waals surface area contributed by atoms with E-state index in [2.05, 4.69) is 20.1 Å². The van der Waals surface area contributed by atoms with Gasteiger partial charge in [0, 0.05) is 22.4 Å². The van der Waals surface area contributed by atoms with Crippen molar-refractivity contribution in [2.75, 3.05) is 13.2 Å². The fourth-order valence-corrected chi connectivity index (χ4v) is 1.45. The standard InChI is InChI=1S/C12H14N6O2/c1-9-2-4-10(5-3-9)12(19)20-7-6-11(16-18-14)8-15-17-13/h2-5,11H,6-8H2,1H3. The van der Waals surface area contributed by atoms with Crippen LogP contribution in [0.5, 0.6) is 0 Å². The van der Waals surface area contributed by atoms with Crippen LogP contribution in [-0.4, -0.2) is 25.2 Å². The van der Waals surface area contributed by atoms with E-state index in [1.165, 1.54) is 0 Å². The number of ether oxygens (including phenoxy) is 1. The summed E-state index contributed by atoms with van der Waals surface area (Å²) in [4.78, 5) is 16.9. The average molecular weight is 274 g/mol. The predicted octanol–water partition coefficient (Wildman–Crippen LogP) is 3.53. The fraction of sp³-hybridized carbons (Fsp3) is 0.417. The molecule has 8 heteroatoms. The van der Waals surface area contributed by atoms with Crippen LogP contribution >= 0.6 is 0 Å². The molecule has 1 aromatic rings. The highest BCUT2D eigenvalue weighted by molar-refractivity contribution is 5.89. The van der Waals surface area contributed by atoms with Gasteiger partial charge in [-0.1, -0.05) is 27.9 Å². The quantitative estimate of drug-likeness (QED) is 0.326. The van der Waals surface area contributed by atoms with Gasteiger partial charge in [-0.2, -0.15) is 0 Å². The van der Waals surface area contributed by atoms with Crippen LogP contribution in [0.1, 0.15) is 22.3 Å². The first kappa shape index (κ1) is 15.4. The second-order valence-corrected chi connectivity index (χ2v) is 4.06. The summed E-state index contributed by atoms with van der Waals surface area (Å²) in [5, 5.41) is 6.80. The molecular weight excluding hydrogens is 260 g/mol. The van der Waals surface area contributed by atoms with Crippen LogP contribution in [0, 0.1) is 6.92 Å². The Kier molecular flexibility index (Phi) is 6.47. The lowest BCUT2D eigenvalue weighted by atomic mass is 10.1. The molecule has 1 atom stereocenters. The van der Waals surface area contributed by atoms with E-state index in [1.807, 2.05) is 19.1 Å².